The number of methoxy groups -OCH3 is 1. The summed E-state index contributed by atoms with van der Waals surface area (Å²) in [5.74, 6) is 1.45. The molecule has 0 aliphatic carbocycles. The minimum Gasteiger partial charge on any atom is -0.495 e. The molecule has 2 aromatic carbocycles. The van der Waals surface area contributed by atoms with Crippen LogP contribution < -0.4 is 14.8 Å². The Morgan fingerprint density at radius 3 is 2.34 bits per heavy atom. The zero-order valence-corrected chi connectivity index (χ0v) is 20.5. The van der Waals surface area contributed by atoms with Gasteiger partial charge in [0, 0.05) is 37.3 Å². The van der Waals surface area contributed by atoms with E-state index < -0.39 is 0 Å². The molecule has 35 heavy (non-hydrogen) atoms. The predicted octanol–water partition coefficient (Wildman–Crippen LogP) is 3.52. The van der Waals surface area contributed by atoms with Crippen LogP contribution in [0.15, 0.2) is 47.0 Å². The summed E-state index contributed by atoms with van der Waals surface area (Å²) >= 11 is 0. The third kappa shape index (κ3) is 5.63. The van der Waals surface area contributed by atoms with Gasteiger partial charge in [0.05, 0.1) is 24.1 Å². The molecule has 4 rings (SSSR count). The lowest BCUT2D eigenvalue weighted by Gasteiger charge is -2.32. The maximum atomic E-state index is 13.0. The minimum atomic E-state index is -0.315. The number of hydrogen-bond donors (Lipinski definition) is 1. The van der Waals surface area contributed by atoms with Crippen molar-refractivity contribution in [1.82, 2.24) is 15.0 Å². The number of hydrogen-bond acceptors (Lipinski definition) is 7. The van der Waals surface area contributed by atoms with Crippen molar-refractivity contribution in [3.63, 3.8) is 0 Å². The summed E-state index contributed by atoms with van der Waals surface area (Å²) in [5, 5.41) is 6.79. The van der Waals surface area contributed by atoms with Crippen LogP contribution in [0, 0.1) is 13.8 Å². The third-order valence-electron chi connectivity index (χ3n) is 6.17. The number of nitrogens with zero attached hydrogens (tertiary/aromatic N) is 3. The van der Waals surface area contributed by atoms with Crippen molar-refractivity contribution in [1.29, 1.82) is 0 Å². The second-order valence-electron chi connectivity index (χ2n) is 8.58. The summed E-state index contributed by atoms with van der Waals surface area (Å²) in [7, 11) is 3.57. The highest BCUT2D eigenvalue weighted by Crippen LogP contribution is 2.27. The number of amides is 2. The van der Waals surface area contributed by atoms with Gasteiger partial charge in [0.1, 0.15) is 23.9 Å². The zero-order chi connectivity index (χ0) is 24.9. The Labute approximate surface area is 204 Å². The number of piperazine rings is 1. The lowest BCUT2D eigenvalue weighted by molar-refractivity contribution is 0.0664. The van der Waals surface area contributed by atoms with Crippen molar-refractivity contribution < 1.29 is 23.6 Å². The lowest BCUT2D eigenvalue weighted by Crippen LogP contribution is -2.47. The zero-order valence-electron chi connectivity index (χ0n) is 20.5. The number of rotatable bonds is 7. The molecule has 1 N–H and O–H groups in total. The molecule has 1 saturated heterocycles. The highest BCUT2D eigenvalue weighted by atomic mass is 16.5. The SMILES string of the molecule is COc1ccc(C(=O)N2CCN(C)CC2)cc1NC(=O)c1ccc(OCc2c(C)noc2C)cc1. The van der Waals surface area contributed by atoms with Crippen molar-refractivity contribution >= 4 is 17.5 Å². The molecule has 0 spiro atoms. The van der Waals surface area contributed by atoms with Crippen molar-refractivity contribution in [2.45, 2.75) is 20.5 Å². The van der Waals surface area contributed by atoms with E-state index in [-0.39, 0.29) is 11.8 Å². The number of carbonyl (C=O) groups excluding carboxylic acids is 2. The summed E-state index contributed by atoms with van der Waals surface area (Å²) in [6.07, 6.45) is 0. The maximum Gasteiger partial charge on any atom is 0.255 e. The number of anilines is 1. The van der Waals surface area contributed by atoms with Crippen LogP contribution in [0.5, 0.6) is 11.5 Å². The van der Waals surface area contributed by atoms with Gasteiger partial charge in [-0.3, -0.25) is 9.59 Å². The number of likely N-dealkylation sites (N-methyl/N-ethyl adjacent to an activating group) is 1. The van der Waals surface area contributed by atoms with Gasteiger partial charge in [-0.25, -0.2) is 0 Å². The fourth-order valence-corrected chi connectivity index (χ4v) is 3.89. The molecule has 3 aromatic rings. The van der Waals surface area contributed by atoms with E-state index in [1.807, 2.05) is 25.8 Å². The Bertz CT molecular complexity index is 1180. The van der Waals surface area contributed by atoms with Crippen LogP contribution in [0.25, 0.3) is 0 Å². The van der Waals surface area contributed by atoms with Crippen molar-refractivity contribution in [3.05, 3.63) is 70.6 Å². The van der Waals surface area contributed by atoms with E-state index in [0.717, 1.165) is 30.1 Å². The van der Waals surface area contributed by atoms with E-state index in [0.29, 0.717) is 48.0 Å². The summed E-state index contributed by atoms with van der Waals surface area (Å²) in [4.78, 5) is 29.9. The van der Waals surface area contributed by atoms with Gasteiger partial charge in [-0.05, 0) is 63.4 Å². The standard InChI is InChI=1S/C26H30N4O5/c1-17-22(18(2)35-28-17)16-34-21-8-5-19(6-9-21)25(31)27-23-15-20(7-10-24(23)33-4)26(32)30-13-11-29(3)12-14-30/h5-10,15H,11-14,16H2,1-4H3,(H,27,31). The number of benzene rings is 2. The van der Waals surface area contributed by atoms with Gasteiger partial charge in [-0.2, -0.15) is 0 Å². The molecule has 0 radical (unpaired) electrons. The fraction of sp³-hybridized carbons (Fsp3) is 0.346. The van der Waals surface area contributed by atoms with Gasteiger partial charge in [0.15, 0.2) is 0 Å². The number of aromatic nitrogens is 1. The Balaban J connectivity index is 1.43. The fourth-order valence-electron chi connectivity index (χ4n) is 3.89. The quantitative estimate of drug-likeness (QED) is 0.555. The average Bonchev–Trinajstić information content (AvgIpc) is 3.19. The maximum absolute atomic E-state index is 13.0. The van der Waals surface area contributed by atoms with Gasteiger partial charge in [-0.15, -0.1) is 0 Å². The number of ether oxygens (including phenoxy) is 2. The van der Waals surface area contributed by atoms with Crippen molar-refractivity contribution in [3.8, 4) is 11.5 Å². The second kappa shape index (κ2) is 10.6. The Morgan fingerprint density at radius 2 is 1.71 bits per heavy atom. The number of carbonyl (C=O) groups is 2. The molecular formula is C26H30N4O5. The lowest BCUT2D eigenvalue weighted by atomic mass is 10.1. The van der Waals surface area contributed by atoms with Crippen LogP contribution in [0.1, 0.15) is 37.7 Å². The summed E-state index contributed by atoms with van der Waals surface area (Å²) in [6.45, 7) is 7.06. The molecular weight excluding hydrogens is 448 g/mol. The topological polar surface area (TPSA) is 97.1 Å². The predicted molar refractivity (Wildman–Crippen MR) is 131 cm³/mol. The monoisotopic (exact) mass is 478 g/mol. The third-order valence-corrected chi connectivity index (χ3v) is 6.17. The van der Waals surface area contributed by atoms with Crippen molar-refractivity contribution in [2.24, 2.45) is 0 Å². The molecule has 1 fully saturated rings. The van der Waals surface area contributed by atoms with E-state index in [4.69, 9.17) is 14.0 Å². The van der Waals surface area contributed by atoms with Crippen LogP contribution in [0.2, 0.25) is 0 Å². The highest BCUT2D eigenvalue weighted by Gasteiger charge is 2.22. The normalized spacial score (nSPS) is 14.0. The molecule has 1 aliphatic heterocycles. The Hall–Kier alpha value is -3.85. The van der Waals surface area contributed by atoms with Crippen LogP contribution in [0.3, 0.4) is 0 Å². The van der Waals surface area contributed by atoms with E-state index in [2.05, 4.69) is 15.4 Å². The van der Waals surface area contributed by atoms with Crippen LogP contribution in [-0.2, 0) is 6.61 Å². The summed E-state index contributed by atoms with van der Waals surface area (Å²) in [6, 6.07) is 11.9. The molecule has 1 aliphatic rings. The van der Waals surface area contributed by atoms with Crippen LogP contribution >= 0.6 is 0 Å². The van der Waals surface area contributed by atoms with Crippen LogP contribution in [-0.4, -0.2) is 67.1 Å². The number of aryl methyl sites for hydroxylation is 2. The minimum absolute atomic E-state index is 0.0592. The smallest absolute Gasteiger partial charge is 0.255 e. The van der Waals surface area contributed by atoms with Crippen molar-refractivity contribution in [2.75, 3.05) is 45.7 Å². The molecule has 184 valence electrons. The first-order valence-electron chi connectivity index (χ1n) is 11.5. The molecule has 0 unspecified atom stereocenters. The molecule has 0 atom stereocenters. The van der Waals surface area contributed by atoms with E-state index in [1.54, 1.807) is 42.5 Å². The highest BCUT2D eigenvalue weighted by molar-refractivity contribution is 6.06. The molecule has 1 aromatic heterocycles. The average molecular weight is 479 g/mol. The number of nitrogens with one attached hydrogen (secondary N) is 1. The molecule has 0 saturated carbocycles. The Morgan fingerprint density at radius 1 is 1.03 bits per heavy atom. The largest absolute Gasteiger partial charge is 0.495 e. The molecule has 9 nitrogen and oxygen atoms in total. The van der Waals surface area contributed by atoms with E-state index in [1.165, 1.54) is 7.11 Å². The second-order valence-corrected chi connectivity index (χ2v) is 8.58. The first-order chi connectivity index (χ1) is 16.9. The molecule has 2 heterocycles. The first kappa shape index (κ1) is 24.3. The van der Waals surface area contributed by atoms with E-state index in [9.17, 15) is 9.59 Å². The van der Waals surface area contributed by atoms with Crippen LogP contribution in [0.4, 0.5) is 5.69 Å². The first-order valence-corrected chi connectivity index (χ1v) is 11.5. The van der Waals surface area contributed by atoms with Gasteiger partial charge in [0.2, 0.25) is 0 Å². The van der Waals surface area contributed by atoms with Gasteiger partial charge in [0.25, 0.3) is 11.8 Å². The molecule has 0 bridgehead atoms. The molecule has 9 heteroatoms. The van der Waals surface area contributed by atoms with Gasteiger partial charge >= 0.3 is 0 Å². The Kier molecular flexibility index (Phi) is 7.36. The van der Waals surface area contributed by atoms with E-state index >= 15 is 0 Å². The van der Waals surface area contributed by atoms with Gasteiger partial charge in [-0.1, -0.05) is 5.16 Å². The summed E-state index contributed by atoms with van der Waals surface area (Å²) < 4.78 is 16.4. The summed E-state index contributed by atoms with van der Waals surface area (Å²) in [5.41, 5.74) is 3.10. The molecule has 2 amide bonds. The van der Waals surface area contributed by atoms with Gasteiger partial charge < -0.3 is 29.1 Å².